The van der Waals surface area contributed by atoms with Crippen molar-refractivity contribution in [2.45, 2.75) is 32.7 Å². The molecule has 1 amide bonds. The van der Waals surface area contributed by atoms with E-state index in [1.807, 2.05) is 36.1 Å². The van der Waals surface area contributed by atoms with Gasteiger partial charge in [-0.25, -0.2) is 4.98 Å². The summed E-state index contributed by atoms with van der Waals surface area (Å²) in [4.78, 5) is 21.6. The fourth-order valence-corrected chi connectivity index (χ4v) is 4.19. The molecule has 4 rings (SSSR count). The maximum atomic E-state index is 13.7. The van der Waals surface area contributed by atoms with Crippen molar-refractivity contribution < 1.29 is 4.79 Å². The number of halogens is 1. The Morgan fingerprint density at radius 3 is 2.77 bits per heavy atom. The van der Waals surface area contributed by atoms with Gasteiger partial charge in [-0.05, 0) is 49.4 Å². The van der Waals surface area contributed by atoms with Crippen molar-refractivity contribution in [3.8, 4) is 5.69 Å². The molecule has 156 valence electrons. The van der Waals surface area contributed by atoms with Crippen LogP contribution in [0.4, 0.5) is 5.82 Å². The lowest BCUT2D eigenvalue weighted by Gasteiger charge is -2.40. The molecule has 8 heteroatoms. The van der Waals surface area contributed by atoms with Gasteiger partial charge >= 0.3 is 0 Å². The van der Waals surface area contributed by atoms with E-state index >= 15 is 0 Å². The Morgan fingerprint density at radius 1 is 1.23 bits per heavy atom. The van der Waals surface area contributed by atoms with Crippen LogP contribution in [0, 0.1) is 12.8 Å². The first-order valence-corrected chi connectivity index (χ1v) is 10.5. The molecule has 30 heavy (non-hydrogen) atoms. The number of rotatable bonds is 5. The van der Waals surface area contributed by atoms with Gasteiger partial charge in [-0.2, -0.15) is 15.0 Å². The summed E-state index contributed by atoms with van der Waals surface area (Å²) in [6.45, 7) is 5.51. The molecule has 0 radical (unpaired) electrons. The van der Waals surface area contributed by atoms with Crippen LogP contribution in [0.15, 0.2) is 48.9 Å². The lowest BCUT2D eigenvalue weighted by molar-refractivity contribution is 0.0539. The predicted octanol–water partition coefficient (Wildman–Crippen LogP) is 3.98. The van der Waals surface area contributed by atoms with E-state index in [4.69, 9.17) is 11.6 Å². The molecule has 1 fully saturated rings. The Kier molecular flexibility index (Phi) is 5.99. The average Bonchev–Trinajstić information content (AvgIpc) is 3.28. The van der Waals surface area contributed by atoms with Crippen LogP contribution < -0.4 is 5.32 Å². The Balaban J connectivity index is 1.61. The second-order valence-electron chi connectivity index (χ2n) is 7.72. The van der Waals surface area contributed by atoms with Crippen LogP contribution in [0.3, 0.4) is 0 Å². The van der Waals surface area contributed by atoms with Crippen LogP contribution in [0.1, 0.15) is 35.7 Å². The normalized spacial score (nSPS) is 19.0. The zero-order chi connectivity index (χ0) is 21.1. The van der Waals surface area contributed by atoms with Crippen molar-refractivity contribution >= 4 is 23.3 Å². The molecule has 1 unspecified atom stereocenters. The summed E-state index contributed by atoms with van der Waals surface area (Å²) in [5, 5.41) is 12.4. The average molecular weight is 425 g/mol. The van der Waals surface area contributed by atoms with Gasteiger partial charge in [0.05, 0.1) is 34.7 Å². The van der Waals surface area contributed by atoms with Gasteiger partial charge in [0, 0.05) is 19.3 Å². The van der Waals surface area contributed by atoms with Gasteiger partial charge in [0.2, 0.25) is 0 Å². The second kappa shape index (κ2) is 8.83. The Labute approximate surface area is 181 Å². The van der Waals surface area contributed by atoms with E-state index in [2.05, 4.69) is 27.4 Å². The quantitative estimate of drug-likeness (QED) is 0.670. The number of anilines is 1. The fourth-order valence-electron chi connectivity index (χ4n) is 4.08. The van der Waals surface area contributed by atoms with Crippen molar-refractivity contribution in [1.29, 1.82) is 0 Å². The molecule has 7 nitrogen and oxygen atoms in total. The number of piperidine rings is 1. The van der Waals surface area contributed by atoms with Gasteiger partial charge in [-0.1, -0.05) is 30.7 Å². The molecule has 2 atom stereocenters. The third kappa shape index (κ3) is 4.16. The van der Waals surface area contributed by atoms with Gasteiger partial charge in [0.15, 0.2) is 0 Å². The molecule has 1 saturated heterocycles. The summed E-state index contributed by atoms with van der Waals surface area (Å²) in [5.74, 6) is 1.14. The van der Waals surface area contributed by atoms with Crippen molar-refractivity contribution in [3.05, 3.63) is 65.1 Å². The number of amides is 1. The van der Waals surface area contributed by atoms with E-state index in [-0.39, 0.29) is 11.9 Å². The molecular formula is C22H25ClN6O. The molecule has 0 aliphatic carbocycles. The van der Waals surface area contributed by atoms with Crippen molar-refractivity contribution in [1.82, 2.24) is 24.9 Å². The van der Waals surface area contributed by atoms with Gasteiger partial charge in [-0.3, -0.25) is 4.79 Å². The summed E-state index contributed by atoms with van der Waals surface area (Å²) >= 11 is 5.93. The van der Waals surface area contributed by atoms with Crippen molar-refractivity contribution in [2.24, 2.45) is 5.92 Å². The van der Waals surface area contributed by atoms with E-state index in [0.29, 0.717) is 28.7 Å². The van der Waals surface area contributed by atoms with Gasteiger partial charge in [0.25, 0.3) is 5.91 Å². The molecule has 1 aliphatic rings. The smallest absolute Gasteiger partial charge is 0.256 e. The van der Waals surface area contributed by atoms with E-state index in [9.17, 15) is 4.79 Å². The number of pyridine rings is 1. The van der Waals surface area contributed by atoms with E-state index in [1.54, 1.807) is 24.7 Å². The number of aromatic nitrogens is 4. The van der Waals surface area contributed by atoms with Crippen LogP contribution in [0.25, 0.3) is 5.69 Å². The van der Waals surface area contributed by atoms with E-state index in [1.165, 1.54) is 4.80 Å². The summed E-state index contributed by atoms with van der Waals surface area (Å²) in [6.07, 6.45) is 6.93. The van der Waals surface area contributed by atoms with E-state index in [0.717, 1.165) is 30.8 Å². The second-order valence-corrected chi connectivity index (χ2v) is 8.15. The lowest BCUT2D eigenvalue weighted by atomic mass is 9.89. The third-order valence-electron chi connectivity index (χ3n) is 5.70. The standard InChI is InChI=1S/C22H25ClN6O/c1-15-6-4-12-28(19(15)14-25-20-9-8-17(23)13-24-20)22(30)21-16(2)5-3-7-18(21)29-26-10-11-27-29/h3,5,7-11,13,15,19H,4,6,12,14H2,1-2H3,(H,24,25)/t15-,19?/m1/s1. The molecule has 0 bridgehead atoms. The number of hydrogen-bond acceptors (Lipinski definition) is 5. The Hall–Kier alpha value is -2.93. The van der Waals surface area contributed by atoms with Gasteiger partial charge in [-0.15, -0.1) is 0 Å². The highest BCUT2D eigenvalue weighted by Gasteiger charge is 2.34. The van der Waals surface area contributed by atoms with Gasteiger partial charge < -0.3 is 10.2 Å². The minimum atomic E-state index is 0.0165. The molecule has 3 aromatic rings. The number of benzene rings is 1. The van der Waals surface area contributed by atoms with Crippen LogP contribution in [0.2, 0.25) is 5.02 Å². The highest BCUT2D eigenvalue weighted by Crippen LogP contribution is 2.28. The fraction of sp³-hybridized carbons (Fsp3) is 0.364. The van der Waals surface area contributed by atoms with E-state index < -0.39 is 0 Å². The topological polar surface area (TPSA) is 75.9 Å². The maximum absolute atomic E-state index is 13.7. The molecule has 0 spiro atoms. The third-order valence-corrected chi connectivity index (χ3v) is 5.92. The monoisotopic (exact) mass is 424 g/mol. The molecule has 3 heterocycles. The van der Waals surface area contributed by atoms with Crippen LogP contribution in [0.5, 0.6) is 0 Å². The summed E-state index contributed by atoms with van der Waals surface area (Å²) in [5.41, 5.74) is 2.27. The first kappa shape index (κ1) is 20.3. The molecule has 0 saturated carbocycles. The van der Waals surface area contributed by atoms with Crippen molar-refractivity contribution in [2.75, 3.05) is 18.4 Å². The number of aryl methyl sites for hydroxylation is 1. The Morgan fingerprint density at radius 2 is 2.03 bits per heavy atom. The molecule has 1 N–H and O–H groups in total. The highest BCUT2D eigenvalue weighted by molar-refractivity contribution is 6.30. The van der Waals surface area contributed by atoms with Crippen LogP contribution in [-0.2, 0) is 0 Å². The zero-order valence-electron chi connectivity index (χ0n) is 17.1. The maximum Gasteiger partial charge on any atom is 0.256 e. The lowest BCUT2D eigenvalue weighted by Crippen LogP contribution is -2.51. The number of nitrogens with zero attached hydrogens (tertiary/aromatic N) is 5. The molecule has 2 aromatic heterocycles. The first-order chi connectivity index (χ1) is 14.5. The number of carbonyl (C=O) groups excluding carboxylic acids is 1. The number of nitrogens with one attached hydrogen (secondary N) is 1. The van der Waals surface area contributed by atoms with Crippen LogP contribution in [-0.4, -0.2) is 49.9 Å². The van der Waals surface area contributed by atoms with Crippen molar-refractivity contribution in [3.63, 3.8) is 0 Å². The summed E-state index contributed by atoms with van der Waals surface area (Å²) in [7, 11) is 0. The SMILES string of the molecule is Cc1cccc(-n2nccn2)c1C(=O)N1CCC[C@@H](C)C1CNc1ccc(Cl)cn1. The molecule has 1 aromatic carbocycles. The number of carbonyl (C=O) groups is 1. The zero-order valence-corrected chi connectivity index (χ0v) is 17.9. The van der Waals surface area contributed by atoms with Crippen LogP contribution >= 0.6 is 11.6 Å². The molecular weight excluding hydrogens is 400 g/mol. The summed E-state index contributed by atoms with van der Waals surface area (Å²) in [6, 6.07) is 9.49. The first-order valence-electron chi connectivity index (χ1n) is 10.2. The summed E-state index contributed by atoms with van der Waals surface area (Å²) < 4.78 is 0. The highest BCUT2D eigenvalue weighted by atomic mass is 35.5. The largest absolute Gasteiger partial charge is 0.368 e. The minimum absolute atomic E-state index is 0.0165. The minimum Gasteiger partial charge on any atom is -0.368 e. The Bertz CT molecular complexity index is 1000. The molecule has 1 aliphatic heterocycles. The number of likely N-dealkylation sites (tertiary alicyclic amines) is 1. The predicted molar refractivity (Wildman–Crippen MR) is 117 cm³/mol. The number of hydrogen-bond donors (Lipinski definition) is 1. The van der Waals surface area contributed by atoms with Gasteiger partial charge in [0.1, 0.15) is 5.82 Å².